The molecule has 3 rings (SSSR count). The molecule has 2 unspecified atom stereocenters. The fraction of sp³-hybridized carbons (Fsp3) is 0.467. The summed E-state index contributed by atoms with van der Waals surface area (Å²) in [5.74, 6) is 2.06. The maximum Gasteiger partial charge on any atom is 0.125 e. The average Bonchev–Trinajstić information content (AvgIpc) is 2.84. The van der Waals surface area contributed by atoms with Crippen molar-refractivity contribution in [3.05, 3.63) is 41.7 Å². The molecule has 2 heterocycles. The third kappa shape index (κ3) is 2.10. The van der Waals surface area contributed by atoms with E-state index in [4.69, 9.17) is 9.47 Å². The quantitative estimate of drug-likeness (QED) is 0.886. The summed E-state index contributed by atoms with van der Waals surface area (Å²) < 4.78 is 11.8. The first-order valence-corrected chi connectivity index (χ1v) is 6.63. The average molecular weight is 245 g/mol. The molecule has 18 heavy (non-hydrogen) atoms. The summed E-state index contributed by atoms with van der Waals surface area (Å²) in [5, 5.41) is 3.33. The Kier molecular flexibility index (Phi) is 3.24. The van der Waals surface area contributed by atoms with Crippen molar-refractivity contribution < 1.29 is 9.47 Å². The molecule has 1 aromatic rings. The molecule has 2 aliphatic heterocycles. The highest BCUT2D eigenvalue weighted by Crippen LogP contribution is 2.31. The van der Waals surface area contributed by atoms with Crippen LogP contribution in [-0.4, -0.2) is 25.8 Å². The van der Waals surface area contributed by atoms with Gasteiger partial charge in [0.1, 0.15) is 23.7 Å². The maximum atomic E-state index is 6.03. The number of fused-ring (bicyclic) bond motifs is 1. The van der Waals surface area contributed by atoms with E-state index in [9.17, 15) is 0 Å². The summed E-state index contributed by atoms with van der Waals surface area (Å²) in [4.78, 5) is 0. The monoisotopic (exact) mass is 245 g/mol. The SMILES string of the molecule is CNC(C1=CCCCO1)C1Cc2ccccc2O1. The van der Waals surface area contributed by atoms with Gasteiger partial charge in [0.05, 0.1) is 6.61 Å². The second-order valence-corrected chi connectivity index (χ2v) is 4.83. The van der Waals surface area contributed by atoms with Crippen molar-refractivity contribution in [3.63, 3.8) is 0 Å². The predicted molar refractivity (Wildman–Crippen MR) is 70.7 cm³/mol. The number of hydrogen-bond acceptors (Lipinski definition) is 3. The molecule has 0 aromatic heterocycles. The third-order valence-corrected chi connectivity index (χ3v) is 3.62. The second-order valence-electron chi connectivity index (χ2n) is 4.83. The molecule has 3 heteroatoms. The normalized spacial score (nSPS) is 23.6. The van der Waals surface area contributed by atoms with Crippen molar-refractivity contribution in [1.82, 2.24) is 5.32 Å². The summed E-state index contributed by atoms with van der Waals surface area (Å²) in [7, 11) is 1.97. The van der Waals surface area contributed by atoms with Crippen LogP contribution in [0.5, 0.6) is 5.75 Å². The zero-order valence-corrected chi connectivity index (χ0v) is 10.7. The van der Waals surface area contributed by atoms with Gasteiger partial charge in [0.2, 0.25) is 0 Å². The van der Waals surface area contributed by atoms with Crippen LogP contribution in [0.2, 0.25) is 0 Å². The molecule has 96 valence electrons. The summed E-state index contributed by atoms with van der Waals surface area (Å²) in [5.41, 5.74) is 1.29. The van der Waals surface area contributed by atoms with E-state index in [0.717, 1.165) is 37.4 Å². The van der Waals surface area contributed by atoms with Gasteiger partial charge in [-0.25, -0.2) is 0 Å². The molecule has 0 amide bonds. The van der Waals surface area contributed by atoms with Crippen molar-refractivity contribution in [2.45, 2.75) is 31.4 Å². The van der Waals surface area contributed by atoms with Crippen molar-refractivity contribution in [3.8, 4) is 5.75 Å². The van der Waals surface area contributed by atoms with Crippen LogP contribution in [0.3, 0.4) is 0 Å². The van der Waals surface area contributed by atoms with Crippen LogP contribution in [-0.2, 0) is 11.2 Å². The molecule has 0 saturated carbocycles. The lowest BCUT2D eigenvalue weighted by molar-refractivity contribution is 0.118. The third-order valence-electron chi connectivity index (χ3n) is 3.62. The Morgan fingerprint density at radius 1 is 1.33 bits per heavy atom. The second kappa shape index (κ2) is 5.02. The lowest BCUT2D eigenvalue weighted by atomic mass is 10.0. The highest BCUT2D eigenvalue weighted by molar-refractivity contribution is 5.38. The van der Waals surface area contributed by atoms with Crippen molar-refractivity contribution >= 4 is 0 Å². The van der Waals surface area contributed by atoms with Crippen LogP contribution in [0.25, 0.3) is 0 Å². The number of likely N-dealkylation sites (N-methyl/N-ethyl adjacent to an activating group) is 1. The first kappa shape index (κ1) is 11.6. The fourth-order valence-electron chi connectivity index (χ4n) is 2.70. The number of ether oxygens (including phenoxy) is 2. The molecule has 1 aromatic carbocycles. The van der Waals surface area contributed by atoms with Crippen LogP contribution in [0.15, 0.2) is 36.1 Å². The van der Waals surface area contributed by atoms with E-state index in [-0.39, 0.29) is 12.1 Å². The van der Waals surface area contributed by atoms with E-state index in [0.29, 0.717) is 0 Å². The fourth-order valence-corrected chi connectivity index (χ4v) is 2.70. The number of benzene rings is 1. The van der Waals surface area contributed by atoms with E-state index >= 15 is 0 Å². The van der Waals surface area contributed by atoms with Gasteiger partial charge in [0.25, 0.3) is 0 Å². The number of para-hydroxylation sites is 1. The highest BCUT2D eigenvalue weighted by Gasteiger charge is 2.32. The minimum atomic E-state index is 0.136. The largest absolute Gasteiger partial charge is 0.496 e. The molecule has 2 atom stereocenters. The molecule has 0 aliphatic carbocycles. The van der Waals surface area contributed by atoms with E-state index in [1.54, 1.807) is 0 Å². The number of hydrogen-bond donors (Lipinski definition) is 1. The molecule has 0 spiro atoms. The van der Waals surface area contributed by atoms with Crippen molar-refractivity contribution in [2.75, 3.05) is 13.7 Å². The molecule has 1 N–H and O–H groups in total. The Morgan fingerprint density at radius 3 is 2.94 bits per heavy atom. The van der Waals surface area contributed by atoms with E-state index < -0.39 is 0 Å². The Hall–Kier alpha value is -1.48. The first-order chi connectivity index (χ1) is 8.88. The van der Waals surface area contributed by atoms with Crippen molar-refractivity contribution in [2.24, 2.45) is 0 Å². The van der Waals surface area contributed by atoms with Gasteiger partial charge in [-0.3, -0.25) is 0 Å². The van der Waals surface area contributed by atoms with E-state index in [1.165, 1.54) is 5.56 Å². The van der Waals surface area contributed by atoms with E-state index in [2.05, 4.69) is 23.5 Å². The van der Waals surface area contributed by atoms with E-state index in [1.807, 2.05) is 19.2 Å². The van der Waals surface area contributed by atoms with Gasteiger partial charge in [-0.2, -0.15) is 0 Å². The first-order valence-electron chi connectivity index (χ1n) is 6.63. The van der Waals surface area contributed by atoms with Crippen LogP contribution >= 0.6 is 0 Å². The van der Waals surface area contributed by atoms with Gasteiger partial charge in [0, 0.05) is 6.42 Å². The molecular formula is C15H19NO2. The van der Waals surface area contributed by atoms with Crippen LogP contribution in [0.4, 0.5) is 0 Å². The van der Waals surface area contributed by atoms with Crippen LogP contribution in [0, 0.1) is 0 Å². The minimum absolute atomic E-state index is 0.136. The van der Waals surface area contributed by atoms with Crippen molar-refractivity contribution in [1.29, 1.82) is 0 Å². The Morgan fingerprint density at radius 2 is 2.22 bits per heavy atom. The topological polar surface area (TPSA) is 30.5 Å². The van der Waals surface area contributed by atoms with Gasteiger partial charge in [-0.15, -0.1) is 0 Å². The summed E-state index contributed by atoms with van der Waals surface area (Å²) in [6.07, 6.45) is 5.50. The summed E-state index contributed by atoms with van der Waals surface area (Å²) in [6.45, 7) is 0.823. The van der Waals surface area contributed by atoms with Crippen LogP contribution < -0.4 is 10.1 Å². The smallest absolute Gasteiger partial charge is 0.125 e. The molecular weight excluding hydrogens is 226 g/mol. The molecule has 3 nitrogen and oxygen atoms in total. The standard InChI is InChI=1S/C15H19NO2/c1-16-15(13-8-4-5-9-17-13)14-10-11-6-2-3-7-12(11)18-14/h2-3,6-8,14-16H,4-5,9-10H2,1H3. The lowest BCUT2D eigenvalue weighted by Gasteiger charge is -2.27. The number of nitrogens with one attached hydrogen (secondary N) is 1. The molecule has 2 aliphatic rings. The van der Waals surface area contributed by atoms with Gasteiger partial charge < -0.3 is 14.8 Å². The van der Waals surface area contributed by atoms with Gasteiger partial charge in [-0.05, 0) is 37.6 Å². The number of rotatable bonds is 3. The zero-order chi connectivity index (χ0) is 12.4. The highest BCUT2D eigenvalue weighted by atomic mass is 16.5. The minimum Gasteiger partial charge on any atom is -0.496 e. The summed E-state index contributed by atoms with van der Waals surface area (Å²) in [6, 6.07) is 8.41. The number of allylic oxidation sites excluding steroid dienone is 1. The zero-order valence-electron chi connectivity index (χ0n) is 10.7. The Bertz CT molecular complexity index is 431. The maximum absolute atomic E-state index is 6.03. The molecule has 0 bridgehead atoms. The predicted octanol–water partition coefficient (Wildman–Crippen LogP) is 2.27. The molecule has 0 fully saturated rings. The molecule has 0 saturated heterocycles. The Labute approximate surface area is 108 Å². The Balaban J connectivity index is 1.77. The van der Waals surface area contributed by atoms with Gasteiger partial charge in [-0.1, -0.05) is 18.2 Å². The van der Waals surface area contributed by atoms with Crippen LogP contribution in [0.1, 0.15) is 18.4 Å². The molecule has 0 radical (unpaired) electrons. The van der Waals surface area contributed by atoms with Gasteiger partial charge in [0.15, 0.2) is 0 Å². The van der Waals surface area contributed by atoms with Gasteiger partial charge >= 0.3 is 0 Å². The lowest BCUT2D eigenvalue weighted by Crippen LogP contribution is -2.43. The summed E-state index contributed by atoms with van der Waals surface area (Å²) >= 11 is 0.